The number of hydrogen-bond acceptors (Lipinski definition) is 7. The predicted octanol–water partition coefficient (Wildman–Crippen LogP) is 21.2. The van der Waals surface area contributed by atoms with Gasteiger partial charge in [0.1, 0.15) is 12.1 Å². The number of hydrogen-bond donors (Lipinski definition) is 0. The van der Waals surface area contributed by atoms with Crippen molar-refractivity contribution in [2.45, 2.75) is 19.3 Å². The van der Waals surface area contributed by atoms with Crippen molar-refractivity contribution in [1.29, 1.82) is 10.5 Å². The number of nitriles is 2. The Morgan fingerprint density at radius 1 is 0.337 bits per heavy atom. The highest BCUT2D eigenvalue weighted by Gasteiger charge is 2.54. The lowest BCUT2D eigenvalue weighted by Crippen LogP contribution is -2.36. The van der Waals surface area contributed by atoms with Crippen LogP contribution in [0.5, 0.6) is 0 Å². The van der Waals surface area contributed by atoms with E-state index in [9.17, 15) is 10.5 Å². The second-order valence-electron chi connectivity index (χ2n) is 22.6. The van der Waals surface area contributed by atoms with Crippen molar-refractivity contribution in [3.8, 4) is 23.3 Å². The summed E-state index contributed by atoms with van der Waals surface area (Å²) in [6.45, 7) is 4.25. The Morgan fingerprint density at radius 3 is 1.15 bits per heavy atom. The van der Waals surface area contributed by atoms with E-state index >= 15 is 0 Å². The molecule has 1 aliphatic heterocycles. The molecular formula is C79H49N5O2. The number of fused-ring (bicyclic) bond motifs is 19. The van der Waals surface area contributed by atoms with Gasteiger partial charge in [-0.3, -0.25) is 0 Å². The van der Waals surface area contributed by atoms with Gasteiger partial charge in [-0.05, 0) is 143 Å². The Hall–Kier alpha value is -11.6. The van der Waals surface area contributed by atoms with Crippen molar-refractivity contribution in [3.05, 3.63) is 305 Å². The third kappa shape index (κ3) is 6.82. The summed E-state index contributed by atoms with van der Waals surface area (Å²) in [5.41, 5.74) is 20.5. The minimum absolute atomic E-state index is 0.489. The van der Waals surface area contributed by atoms with E-state index in [1.807, 2.05) is 36.4 Å². The van der Waals surface area contributed by atoms with Gasteiger partial charge in [0.2, 0.25) is 0 Å². The fraction of sp³-hybridized carbons (Fsp3) is 0.0380. The Kier molecular flexibility index (Phi) is 10.7. The first-order chi connectivity index (χ1) is 42.4. The molecule has 0 radical (unpaired) electrons. The van der Waals surface area contributed by atoms with E-state index in [-0.39, 0.29) is 0 Å². The number of nitrogens with zero attached hydrogens (tertiary/aromatic N) is 5. The van der Waals surface area contributed by atoms with E-state index in [1.54, 1.807) is 0 Å². The number of anilines is 9. The van der Waals surface area contributed by atoms with Crippen molar-refractivity contribution in [1.82, 2.24) is 0 Å². The summed E-state index contributed by atoms with van der Waals surface area (Å²) >= 11 is 0. The molecule has 0 unspecified atom stereocenters. The Balaban J connectivity index is 1.04. The zero-order valence-electron chi connectivity index (χ0n) is 46.9. The van der Waals surface area contributed by atoms with Gasteiger partial charge in [0, 0.05) is 49.4 Å². The van der Waals surface area contributed by atoms with Crippen molar-refractivity contribution < 1.29 is 8.83 Å². The molecular weight excluding hydrogens is 1050 g/mol. The quantitative estimate of drug-likeness (QED) is 0.157. The Labute approximate surface area is 495 Å². The lowest BCUT2D eigenvalue weighted by atomic mass is 9.64. The molecule has 15 aromatic rings. The molecule has 0 N–H and O–H groups in total. The standard InChI is InChI=1S/C79H49N5O2/c1-48-36-40-53(41-37-48)83(69-34-16-28-61-59-26-14-18-50(46-80)75(59)85-77(61)69)71-44-65-73(57-24-8-6-22-55(57)71)74-58-25-9-7-23-56(58)72(84(54-42-38-49(2)39-43-54)70-35-17-29-62-60-27-15-19-51(47-81)76(60)86-78(62)70)45-66(74)79(65)63-30-10-12-32-67(63)82(52-20-4-3-5-21-52)68-33-13-11-31-64(68)79/h3-45H,1-2H3. The number of furan rings is 2. The number of aryl methyl sites for hydroxylation is 2. The largest absolute Gasteiger partial charge is 0.452 e. The molecule has 86 heavy (non-hydrogen) atoms. The normalized spacial score (nSPS) is 12.8. The lowest BCUT2D eigenvalue weighted by molar-refractivity contribution is 0.667. The highest BCUT2D eigenvalue weighted by Crippen LogP contribution is 2.67. The summed E-state index contributed by atoms with van der Waals surface area (Å²) in [6, 6.07) is 98.2. The second kappa shape index (κ2) is 18.7. The molecule has 0 saturated carbocycles. The van der Waals surface area contributed by atoms with Crippen molar-refractivity contribution >= 4 is 117 Å². The van der Waals surface area contributed by atoms with Crippen LogP contribution in [0.25, 0.3) is 76.5 Å². The average Bonchev–Trinajstić information content (AvgIpc) is 1.47. The molecule has 2 aromatic heterocycles. The first kappa shape index (κ1) is 49.0. The van der Waals surface area contributed by atoms with Gasteiger partial charge in [-0.15, -0.1) is 0 Å². The van der Waals surface area contributed by atoms with E-state index in [4.69, 9.17) is 8.83 Å². The van der Waals surface area contributed by atoms with Crippen LogP contribution in [-0.4, -0.2) is 0 Å². The summed E-state index contributed by atoms with van der Waals surface area (Å²) in [4.78, 5) is 7.19. The molecule has 0 saturated heterocycles. The van der Waals surface area contributed by atoms with Gasteiger partial charge in [0.15, 0.2) is 22.3 Å². The van der Waals surface area contributed by atoms with E-state index in [2.05, 4.69) is 265 Å². The summed E-state index contributed by atoms with van der Waals surface area (Å²) in [6.07, 6.45) is 0. The summed E-state index contributed by atoms with van der Waals surface area (Å²) in [7, 11) is 0. The fourth-order valence-electron chi connectivity index (χ4n) is 14.4. The highest BCUT2D eigenvalue weighted by atomic mass is 16.3. The Bertz CT molecular complexity index is 5110. The van der Waals surface area contributed by atoms with Crippen LogP contribution in [-0.2, 0) is 5.41 Å². The van der Waals surface area contributed by atoms with Crippen molar-refractivity contribution in [2.75, 3.05) is 14.7 Å². The van der Waals surface area contributed by atoms with Gasteiger partial charge in [-0.1, -0.05) is 187 Å². The van der Waals surface area contributed by atoms with Crippen LogP contribution in [0.3, 0.4) is 0 Å². The molecule has 7 heteroatoms. The minimum Gasteiger partial charge on any atom is -0.452 e. The highest BCUT2D eigenvalue weighted by molar-refractivity contribution is 6.21. The van der Waals surface area contributed by atoms with Crippen LogP contribution >= 0.6 is 0 Å². The SMILES string of the molecule is Cc1ccc(N(c2cc3c(c4ccccc24)-c2c(cc(N(c4ccc(C)cc4)c4cccc5c4oc4c(C#N)cccc45)c4ccccc24)C32c3ccccc3N(c3ccccc3)c3ccccc32)c2cccc3c2oc2c(C#N)cccc23)cc1. The number of benzene rings is 13. The molecule has 13 aromatic carbocycles. The van der Waals surface area contributed by atoms with E-state index < -0.39 is 5.41 Å². The minimum atomic E-state index is -0.960. The molecule has 0 amide bonds. The molecule has 3 heterocycles. The van der Waals surface area contributed by atoms with Crippen LogP contribution in [0, 0.1) is 36.5 Å². The van der Waals surface area contributed by atoms with Gasteiger partial charge >= 0.3 is 0 Å². The van der Waals surface area contributed by atoms with Crippen LogP contribution in [0.1, 0.15) is 44.5 Å². The first-order valence-corrected chi connectivity index (χ1v) is 29.0. The maximum absolute atomic E-state index is 10.4. The van der Waals surface area contributed by atoms with Crippen LogP contribution < -0.4 is 14.7 Å². The summed E-state index contributed by atoms with van der Waals surface area (Å²) in [5.74, 6) is 0. The fourth-order valence-corrected chi connectivity index (χ4v) is 14.4. The third-order valence-electron chi connectivity index (χ3n) is 18.0. The van der Waals surface area contributed by atoms with Gasteiger partial charge in [-0.25, -0.2) is 0 Å². The van der Waals surface area contributed by atoms with Gasteiger partial charge in [0.05, 0.1) is 50.7 Å². The van der Waals surface area contributed by atoms with Crippen LogP contribution in [0.2, 0.25) is 0 Å². The first-order valence-electron chi connectivity index (χ1n) is 29.0. The molecule has 1 spiro atoms. The van der Waals surface area contributed by atoms with E-state index in [0.29, 0.717) is 33.5 Å². The monoisotopic (exact) mass is 1100 g/mol. The van der Waals surface area contributed by atoms with Crippen LogP contribution in [0.15, 0.2) is 270 Å². The molecule has 0 atom stereocenters. The zero-order valence-corrected chi connectivity index (χ0v) is 46.9. The van der Waals surface area contributed by atoms with Gasteiger partial charge in [-0.2, -0.15) is 10.5 Å². The predicted molar refractivity (Wildman–Crippen MR) is 350 cm³/mol. The number of rotatable bonds is 7. The molecule has 17 rings (SSSR count). The molecule has 1 aliphatic carbocycles. The molecule has 402 valence electrons. The zero-order chi connectivity index (χ0) is 57.4. The number of para-hydroxylation sites is 7. The third-order valence-corrected chi connectivity index (χ3v) is 18.0. The van der Waals surface area contributed by atoms with Crippen molar-refractivity contribution in [2.24, 2.45) is 0 Å². The molecule has 7 nitrogen and oxygen atoms in total. The average molecular weight is 1100 g/mol. The van der Waals surface area contributed by atoms with E-state index in [0.717, 1.165) is 139 Å². The smallest absolute Gasteiger partial charge is 0.159 e. The van der Waals surface area contributed by atoms with Gasteiger partial charge in [0.25, 0.3) is 0 Å². The second-order valence-corrected chi connectivity index (χ2v) is 22.6. The van der Waals surface area contributed by atoms with E-state index in [1.165, 1.54) is 0 Å². The van der Waals surface area contributed by atoms with Crippen LogP contribution in [0.4, 0.5) is 51.2 Å². The van der Waals surface area contributed by atoms with Crippen molar-refractivity contribution in [3.63, 3.8) is 0 Å². The maximum Gasteiger partial charge on any atom is 0.159 e. The molecule has 0 fully saturated rings. The molecule has 0 bridgehead atoms. The summed E-state index contributed by atoms with van der Waals surface area (Å²) < 4.78 is 14.0. The lowest BCUT2D eigenvalue weighted by Gasteiger charge is -2.45. The maximum atomic E-state index is 10.4. The Morgan fingerprint density at radius 2 is 0.709 bits per heavy atom. The topological polar surface area (TPSA) is 83.6 Å². The summed E-state index contributed by atoms with van der Waals surface area (Å²) in [5, 5.41) is 28.8. The van der Waals surface area contributed by atoms with Gasteiger partial charge < -0.3 is 23.5 Å². The molecule has 2 aliphatic rings.